The molecule has 2 rings (SSSR count). The Labute approximate surface area is 86.5 Å². The summed E-state index contributed by atoms with van der Waals surface area (Å²) in [7, 11) is 0. The van der Waals surface area contributed by atoms with E-state index in [-0.39, 0.29) is 12.5 Å². The smallest absolute Gasteiger partial charge is 0.131 e. The molecule has 1 N–H and O–H groups in total. The van der Waals surface area contributed by atoms with Gasteiger partial charge in [0.2, 0.25) is 0 Å². The fraction of sp³-hybridized carbons (Fsp3) is 0.455. The van der Waals surface area contributed by atoms with Crippen LogP contribution in [0.5, 0.6) is 0 Å². The van der Waals surface area contributed by atoms with Gasteiger partial charge in [-0.2, -0.15) is 0 Å². The number of hydrogen-bond donors (Lipinski definition) is 1. The molecule has 1 heterocycles. The second kappa shape index (κ2) is 4.24. The summed E-state index contributed by atoms with van der Waals surface area (Å²) in [5.41, 5.74) is 0.327. The van der Waals surface area contributed by atoms with Crippen molar-refractivity contribution in [3.63, 3.8) is 0 Å². The quantitative estimate of drug-likeness (QED) is 0.816. The van der Waals surface area contributed by atoms with Crippen molar-refractivity contribution in [1.82, 2.24) is 0 Å². The zero-order chi connectivity index (χ0) is 10.8. The molecule has 0 spiro atoms. The van der Waals surface area contributed by atoms with Crippen molar-refractivity contribution in [2.45, 2.75) is 12.5 Å². The monoisotopic (exact) mass is 214 g/mol. The Morgan fingerprint density at radius 3 is 2.87 bits per heavy atom. The summed E-state index contributed by atoms with van der Waals surface area (Å²) < 4.78 is 31.4. The van der Waals surface area contributed by atoms with Crippen LogP contribution in [-0.2, 0) is 4.74 Å². The van der Waals surface area contributed by atoms with Gasteiger partial charge in [0, 0.05) is 30.8 Å². The third kappa shape index (κ3) is 2.01. The summed E-state index contributed by atoms with van der Waals surface area (Å²) in [6.07, 6.45) is 0.258. The lowest BCUT2D eigenvalue weighted by atomic mass is 9.96. The van der Waals surface area contributed by atoms with Gasteiger partial charge in [-0.25, -0.2) is 8.78 Å². The Balaban J connectivity index is 2.28. The molecule has 1 aliphatic rings. The normalized spacial score (nSPS) is 25.8. The minimum absolute atomic E-state index is 0.0402. The lowest BCUT2D eigenvalue weighted by Crippen LogP contribution is -2.13. The Morgan fingerprint density at radius 2 is 2.20 bits per heavy atom. The van der Waals surface area contributed by atoms with E-state index in [1.165, 1.54) is 12.1 Å². The first-order valence-electron chi connectivity index (χ1n) is 4.90. The molecule has 1 fully saturated rings. The summed E-state index contributed by atoms with van der Waals surface area (Å²) in [4.78, 5) is 0. The lowest BCUT2D eigenvalue weighted by molar-refractivity contribution is 0.0693. The molecule has 0 aliphatic carbocycles. The van der Waals surface area contributed by atoms with E-state index in [9.17, 15) is 8.78 Å². The Kier molecular flexibility index (Phi) is 2.98. The largest absolute Gasteiger partial charge is 0.396 e. The number of hydrogen-bond acceptors (Lipinski definition) is 2. The third-order valence-corrected chi connectivity index (χ3v) is 2.72. The van der Waals surface area contributed by atoms with Gasteiger partial charge in [-0.05, 0) is 12.5 Å². The van der Waals surface area contributed by atoms with Crippen LogP contribution in [0.15, 0.2) is 18.2 Å². The Hall–Kier alpha value is -1.00. The molecule has 2 unspecified atom stereocenters. The zero-order valence-corrected chi connectivity index (χ0v) is 8.12. The van der Waals surface area contributed by atoms with E-state index in [4.69, 9.17) is 9.84 Å². The molecule has 0 bridgehead atoms. The molecule has 1 aromatic carbocycles. The van der Waals surface area contributed by atoms with Gasteiger partial charge >= 0.3 is 0 Å². The van der Waals surface area contributed by atoms with Crippen LogP contribution < -0.4 is 0 Å². The van der Waals surface area contributed by atoms with E-state index in [2.05, 4.69) is 0 Å². The molecule has 2 nitrogen and oxygen atoms in total. The summed E-state index contributed by atoms with van der Waals surface area (Å²) in [6.45, 7) is 0.466. The number of ether oxygens (including phenoxy) is 1. The van der Waals surface area contributed by atoms with Gasteiger partial charge in [-0.1, -0.05) is 6.07 Å². The van der Waals surface area contributed by atoms with Crippen LogP contribution in [-0.4, -0.2) is 18.3 Å². The summed E-state index contributed by atoms with van der Waals surface area (Å²) in [5, 5.41) is 9.07. The summed E-state index contributed by atoms with van der Waals surface area (Å²) >= 11 is 0. The van der Waals surface area contributed by atoms with Crippen LogP contribution in [0.1, 0.15) is 18.1 Å². The fourth-order valence-corrected chi connectivity index (χ4v) is 1.90. The molecular formula is C11H12F2O2. The fourth-order valence-electron chi connectivity index (χ4n) is 1.90. The number of rotatable bonds is 2. The SMILES string of the molecule is OCC1CCOC1c1ccc(F)cc1F. The lowest BCUT2D eigenvalue weighted by Gasteiger charge is -2.17. The van der Waals surface area contributed by atoms with Gasteiger partial charge in [0.05, 0.1) is 6.10 Å². The van der Waals surface area contributed by atoms with Gasteiger partial charge in [-0.3, -0.25) is 0 Å². The van der Waals surface area contributed by atoms with E-state index in [1.54, 1.807) is 0 Å². The molecule has 0 saturated carbocycles. The molecule has 82 valence electrons. The van der Waals surface area contributed by atoms with Crippen molar-refractivity contribution in [2.75, 3.05) is 13.2 Å². The average Bonchev–Trinajstić information content (AvgIpc) is 2.65. The average molecular weight is 214 g/mol. The standard InChI is InChI=1S/C11H12F2O2/c12-8-1-2-9(10(13)5-8)11-7(6-14)3-4-15-11/h1-2,5,7,11,14H,3-4,6H2. The van der Waals surface area contributed by atoms with Crippen LogP contribution in [0.3, 0.4) is 0 Å². The summed E-state index contributed by atoms with van der Waals surface area (Å²) in [6, 6.07) is 3.42. The first-order valence-corrected chi connectivity index (χ1v) is 4.90. The summed E-state index contributed by atoms with van der Waals surface area (Å²) in [5.74, 6) is -1.31. The zero-order valence-electron chi connectivity index (χ0n) is 8.12. The molecule has 0 amide bonds. The van der Waals surface area contributed by atoms with Gasteiger partial charge < -0.3 is 9.84 Å². The van der Waals surface area contributed by atoms with Crippen molar-refractivity contribution in [2.24, 2.45) is 5.92 Å². The predicted molar refractivity (Wildman–Crippen MR) is 50.2 cm³/mol. The highest BCUT2D eigenvalue weighted by molar-refractivity contribution is 5.22. The number of halogens is 2. The third-order valence-electron chi connectivity index (χ3n) is 2.72. The van der Waals surface area contributed by atoms with Crippen LogP contribution in [0.4, 0.5) is 8.78 Å². The first-order chi connectivity index (χ1) is 7.22. The predicted octanol–water partition coefficient (Wildman–Crippen LogP) is 2.03. The maximum Gasteiger partial charge on any atom is 0.131 e. The van der Waals surface area contributed by atoms with Crippen molar-refractivity contribution < 1.29 is 18.6 Å². The molecular weight excluding hydrogens is 202 g/mol. The van der Waals surface area contributed by atoms with Crippen molar-refractivity contribution >= 4 is 0 Å². The first kappa shape index (κ1) is 10.5. The second-order valence-corrected chi connectivity index (χ2v) is 3.69. The van der Waals surface area contributed by atoms with Crippen molar-refractivity contribution in [1.29, 1.82) is 0 Å². The number of benzene rings is 1. The van der Waals surface area contributed by atoms with Crippen LogP contribution in [0.2, 0.25) is 0 Å². The molecule has 1 aliphatic heterocycles. The number of aliphatic hydroxyl groups is 1. The van der Waals surface area contributed by atoms with Crippen LogP contribution in [0, 0.1) is 17.6 Å². The highest BCUT2D eigenvalue weighted by Gasteiger charge is 2.30. The second-order valence-electron chi connectivity index (χ2n) is 3.69. The van der Waals surface area contributed by atoms with Crippen LogP contribution >= 0.6 is 0 Å². The molecule has 1 aromatic rings. The Morgan fingerprint density at radius 1 is 1.40 bits per heavy atom. The highest BCUT2D eigenvalue weighted by Crippen LogP contribution is 2.35. The maximum atomic E-state index is 13.4. The molecule has 0 radical (unpaired) electrons. The van der Waals surface area contributed by atoms with E-state index in [0.29, 0.717) is 18.6 Å². The van der Waals surface area contributed by atoms with Gasteiger partial charge in [0.25, 0.3) is 0 Å². The molecule has 2 atom stereocenters. The molecule has 0 aromatic heterocycles. The molecule has 15 heavy (non-hydrogen) atoms. The van der Waals surface area contributed by atoms with Gasteiger partial charge in [0.1, 0.15) is 11.6 Å². The Bertz CT molecular complexity index is 354. The highest BCUT2D eigenvalue weighted by atomic mass is 19.1. The molecule has 1 saturated heterocycles. The van der Waals surface area contributed by atoms with E-state index >= 15 is 0 Å². The minimum Gasteiger partial charge on any atom is -0.396 e. The van der Waals surface area contributed by atoms with Crippen molar-refractivity contribution in [3.8, 4) is 0 Å². The number of aliphatic hydroxyl groups excluding tert-OH is 1. The maximum absolute atomic E-state index is 13.4. The van der Waals surface area contributed by atoms with Gasteiger partial charge in [-0.15, -0.1) is 0 Å². The van der Waals surface area contributed by atoms with Gasteiger partial charge in [0.15, 0.2) is 0 Å². The topological polar surface area (TPSA) is 29.5 Å². The minimum atomic E-state index is -0.611. The van der Waals surface area contributed by atoms with Crippen LogP contribution in [0.25, 0.3) is 0 Å². The van der Waals surface area contributed by atoms with E-state index in [0.717, 1.165) is 6.07 Å². The van der Waals surface area contributed by atoms with E-state index < -0.39 is 17.7 Å². The van der Waals surface area contributed by atoms with E-state index in [1.807, 2.05) is 0 Å². The van der Waals surface area contributed by atoms with Crippen molar-refractivity contribution in [3.05, 3.63) is 35.4 Å². The molecule has 4 heteroatoms.